The van der Waals surface area contributed by atoms with E-state index >= 15 is 0 Å². The molecule has 6 heteroatoms. The molecule has 3 rings (SSSR count). The Morgan fingerprint density at radius 1 is 1.04 bits per heavy atom. The quantitative estimate of drug-likeness (QED) is 0.602. The third-order valence-electron chi connectivity index (χ3n) is 3.70. The van der Waals surface area contributed by atoms with Crippen molar-refractivity contribution in [2.24, 2.45) is 0 Å². The van der Waals surface area contributed by atoms with Crippen LogP contribution in [-0.2, 0) is 12.0 Å². The fourth-order valence-corrected chi connectivity index (χ4v) is 2.36. The van der Waals surface area contributed by atoms with Crippen LogP contribution >= 0.6 is 11.6 Å². The Morgan fingerprint density at radius 2 is 1.62 bits per heavy atom. The Labute approximate surface area is 156 Å². The minimum atomic E-state index is -0.199. The van der Waals surface area contributed by atoms with E-state index in [-0.39, 0.29) is 17.8 Å². The van der Waals surface area contributed by atoms with Crippen molar-refractivity contribution in [3.63, 3.8) is 0 Å². The first-order chi connectivity index (χ1) is 12.3. The summed E-state index contributed by atoms with van der Waals surface area (Å²) in [4.78, 5) is 16.8. The third-order valence-corrected chi connectivity index (χ3v) is 3.95. The van der Waals surface area contributed by atoms with Crippen molar-refractivity contribution < 1.29 is 14.1 Å². The van der Waals surface area contributed by atoms with Gasteiger partial charge in [0.2, 0.25) is 11.7 Å². The summed E-state index contributed by atoms with van der Waals surface area (Å²) >= 11 is 5.85. The molecule has 134 valence electrons. The van der Waals surface area contributed by atoms with Gasteiger partial charge in [0.15, 0.2) is 12.4 Å². The Hall–Kier alpha value is -2.66. The molecule has 1 aromatic heterocycles. The first-order valence-corrected chi connectivity index (χ1v) is 8.57. The molecule has 0 spiro atoms. The molecule has 2 aromatic carbocycles. The van der Waals surface area contributed by atoms with E-state index in [1.165, 1.54) is 0 Å². The molecule has 0 fully saturated rings. The van der Waals surface area contributed by atoms with Crippen molar-refractivity contribution in [3.05, 3.63) is 76.4 Å². The van der Waals surface area contributed by atoms with E-state index in [0.717, 1.165) is 0 Å². The van der Waals surface area contributed by atoms with Crippen LogP contribution in [-0.4, -0.2) is 15.9 Å². The maximum absolute atomic E-state index is 12.4. The smallest absolute Gasteiger partial charge is 0.232 e. The molecule has 0 atom stereocenters. The van der Waals surface area contributed by atoms with E-state index in [0.29, 0.717) is 33.6 Å². The van der Waals surface area contributed by atoms with Gasteiger partial charge in [0.1, 0.15) is 5.75 Å². The van der Waals surface area contributed by atoms with Crippen molar-refractivity contribution in [1.29, 1.82) is 0 Å². The summed E-state index contributed by atoms with van der Waals surface area (Å²) in [5.41, 5.74) is 0.966. The van der Waals surface area contributed by atoms with E-state index in [1.807, 2.05) is 20.8 Å². The van der Waals surface area contributed by atoms with Gasteiger partial charge in [0, 0.05) is 21.6 Å². The van der Waals surface area contributed by atoms with Gasteiger partial charge < -0.3 is 9.26 Å². The Kier molecular flexibility index (Phi) is 5.09. The van der Waals surface area contributed by atoms with Crippen LogP contribution in [0.3, 0.4) is 0 Å². The van der Waals surface area contributed by atoms with Gasteiger partial charge in [-0.05, 0) is 48.5 Å². The van der Waals surface area contributed by atoms with E-state index < -0.39 is 0 Å². The number of aromatic nitrogens is 2. The van der Waals surface area contributed by atoms with Crippen molar-refractivity contribution in [3.8, 4) is 5.75 Å². The summed E-state index contributed by atoms with van der Waals surface area (Å²) in [5.74, 6) is 1.61. The van der Waals surface area contributed by atoms with Gasteiger partial charge in [0.25, 0.3) is 0 Å². The maximum atomic E-state index is 12.4. The zero-order valence-electron chi connectivity index (χ0n) is 14.8. The molecule has 0 amide bonds. The summed E-state index contributed by atoms with van der Waals surface area (Å²) in [7, 11) is 0. The molecule has 5 nitrogen and oxygen atoms in total. The number of halogens is 1. The van der Waals surface area contributed by atoms with Crippen LogP contribution in [0.2, 0.25) is 5.02 Å². The highest BCUT2D eigenvalue weighted by molar-refractivity contribution is 6.30. The third kappa shape index (κ3) is 4.29. The van der Waals surface area contributed by atoms with Gasteiger partial charge in [-0.2, -0.15) is 4.98 Å². The second-order valence-corrected chi connectivity index (χ2v) is 7.35. The topological polar surface area (TPSA) is 65.2 Å². The predicted octanol–water partition coefficient (Wildman–Crippen LogP) is 4.83. The van der Waals surface area contributed by atoms with Gasteiger partial charge >= 0.3 is 0 Å². The normalized spacial score (nSPS) is 11.4. The number of hydrogen-bond donors (Lipinski definition) is 0. The molecule has 0 aliphatic carbocycles. The highest BCUT2D eigenvalue weighted by atomic mass is 35.5. The molecule has 0 bridgehead atoms. The minimum absolute atomic E-state index is 0.0683. The molecule has 1 heterocycles. The van der Waals surface area contributed by atoms with Crippen LogP contribution in [0.4, 0.5) is 0 Å². The van der Waals surface area contributed by atoms with Gasteiger partial charge in [-0.25, -0.2) is 0 Å². The first kappa shape index (κ1) is 18.1. The standard InChI is InChI=1S/C20H19ClN2O3/c1-20(2,3)19-22-17(23-26-19)12-25-16-10-6-14(7-11-16)18(24)13-4-8-15(21)9-5-13/h4-11H,12H2,1-3H3. The number of rotatable bonds is 5. The Balaban J connectivity index is 1.63. The summed E-state index contributed by atoms with van der Waals surface area (Å²) in [6.07, 6.45) is 0. The first-order valence-electron chi connectivity index (χ1n) is 8.19. The van der Waals surface area contributed by atoms with Gasteiger partial charge in [-0.15, -0.1) is 0 Å². The van der Waals surface area contributed by atoms with Gasteiger partial charge in [-0.3, -0.25) is 4.79 Å². The van der Waals surface area contributed by atoms with E-state index in [1.54, 1.807) is 48.5 Å². The maximum Gasteiger partial charge on any atom is 0.232 e. The average Bonchev–Trinajstić information content (AvgIpc) is 3.10. The fraction of sp³-hybridized carbons (Fsp3) is 0.250. The van der Waals surface area contributed by atoms with Crippen molar-refractivity contribution in [2.75, 3.05) is 0 Å². The highest BCUT2D eigenvalue weighted by Crippen LogP contribution is 2.21. The Bertz CT molecular complexity index is 894. The molecule has 3 aromatic rings. The molecule has 0 radical (unpaired) electrons. The molecule has 0 aliphatic heterocycles. The molecule has 0 N–H and O–H groups in total. The van der Waals surface area contributed by atoms with Gasteiger partial charge in [0.05, 0.1) is 0 Å². The molecule has 0 saturated carbocycles. The lowest BCUT2D eigenvalue weighted by Crippen LogP contribution is -2.11. The predicted molar refractivity (Wildman–Crippen MR) is 98.7 cm³/mol. The zero-order chi connectivity index (χ0) is 18.7. The van der Waals surface area contributed by atoms with E-state index in [2.05, 4.69) is 10.1 Å². The number of benzene rings is 2. The van der Waals surface area contributed by atoms with E-state index in [4.69, 9.17) is 20.9 Å². The van der Waals surface area contributed by atoms with Crippen molar-refractivity contribution in [2.45, 2.75) is 32.8 Å². The van der Waals surface area contributed by atoms with Crippen LogP contribution in [0.15, 0.2) is 53.1 Å². The lowest BCUT2D eigenvalue weighted by molar-refractivity contribution is 0.103. The van der Waals surface area contributed by atoms with Crippen LogP contribution < -0.4 is 4.74 Å². The summed E-state index contributed by atoms with van der Waals surface area (Å²) in [6.45, 7) is 6.20. The average molecular weight is 371 g/mol. The minimum Gasteiger partial charge on any atom is -0.485 e. The highest BCUT2D eigenvalue weighted by Gasteiger charge is 2.21. The van der Waals surface area contributed by atoms with Crippen LogP contribution in [0.5, 0.6) is 5.75 Å². The largest absolute Gasteiger partial charge is 0.485 e. The Morgan fingerprint density at radius 3 is 2.15 bits per heavy atom. The molecule has 26 heavy (non-hydrogen) atoms. The molecule has 0 saturated heterocycles. The second kappa shape index (κ2) is 7.30. The molecular formula is C20H19ClN2O3. The van der Waals surface area contributed by atoms with Crippen LogP contribution in [0.1, 0.15) is 48.4 Å². The van der Waals surface area contributed by atoms with Crippen LogP contribution in [0.25, 0.3) is 0 Å². The van der Waals surface area contributed by atoms with E-state index in [9.17, 15) is 4.79 Å². The number of carbonyl (C=O) groups is 1. The molecular weight excluding hydrogens is 352 g/mol. The molecule has 0 aliphatic rings. The lowest BCUT2D eigenvalue weighted by atomic mass is 9.97. The number of nitrogens with zero attached hydrogens (tertiary/aromatic N) is 2. The summed E-state index contributed by atoms with van der Waals surface area (Å²) < 4.78 is 10.9. The zero-order valence-corrected chi connectivity index (χ0v) is 15.6. The SMILES string of the molecule is CC(C)(C)c1nc(COc2ccc(C(=O)c3ccc(Cl)cc3)cc2)no1. The number of ether oxygens (including phenoxy) is 1. The van der Waals surface area contributed by atoms with Crippen molar-refractivity contribution >= 4 is 17.4 Å². The lowest BCUT2D eigenvalue weighted by Gasteiger charge is -2.10. The monoisotopic (exact) mass is 370 g/mol. The van der Waals surface area contributed by atoms with Crippen LogP contribution in [0, 0.1) is 0 Å². The summed E-state index contributed by atoms with van der Waals surface area (Å²) in [6, 6.07) is 13.7. The molecule has 0 unspecified atom stereocenters. The number of ketones is 1. The van der Waals surface area contributed by atoms with Gasteiger partial charge in [-0.1, -0.05) is 37.5 Å². The number of hydrogen-bond acceptors (Lipinski definition) is 5. The fourth-order valence-electron chi connectivity index (χ4n) is 2.24. The number of carbonyl (C=O) groups excluding carboxylic acids is 1. The summed E-state index contributed by atoms with van der Waals surface area (Å²) in [5, 5.41) is 4.51. The second-order valence-electron chi connectivity index (χ2n) is 6.91. The van der Waals surface area contributed by atoms with Crippen molar-refractivity contribution in [1.82, 2.24) is 10.1 Å².